The highest BCUT2D eigenvalue weighted by Gasteiger charge is 2.28. The van der Waals surface area contributed by atoms with Crippen LogP contribution in [0.1, 0.15) is 56.8 Å². The van der Waals surface area contributed by atoms with Crippen molar-refractivity contribution in [2.75, 3.05) is 13.7 Å². The van der Waals surface area contributed by atoms with Crippen molar-refractivity contribution >= 4 is 28.8 Å². The fourth-order valence-electron chi connectivity index (χ4n) is 4.95. The Morgan fingerprint density at radius 1 is 1.03 bits per heavy atom. The van der Waals surface area contributed by atoms with Crippen LogP contribution in [0, 0.1) is 0 Å². The number of nitrogens with one attached hydrogen (secondary N) is 3. The number of carbonyl (C=O) groups excluding carboxylic acids is 2. The molecule has 0 fully saturated rings. The van der Waals surface area contributed by atoms with Gasteiger partial charge in [-0.1, -0.05) is 36.4 Å². The summed E-state index contributed by atoms with van der Waals surface area (Å²) in [7, 11) is 1.61. The smallest absolute Gasteiger partial charge is 0.255 e. The minimum Gasteiger partial charge on any atom is -0.482 e. The molecule has 0 saturated carbocycles. The summed E-state index contributed by atoms with van der Waals surface area (Å²) in [6.45, 7) is 3.70. The molecule has 0 aliphatic carbocycles. The second kappa shape index (κ2) is 10.8. The van der Waals surface area contributed by atoms with Gasteiger partial charge in [-0.2, -0.15) is 0 Å². The monoisotopic (exact) mass is 523 g/mol. The van der Waals surface area contributed by atoms with Gasteiger partial charge in [0.15, 0.2) is 0 Å². The van der Waals surface area contributed by atoms with Gasteiger partial charge < -0.3 is 25.5 Å². The summed E-state index contributed by atoms with van der Waals surface area (Å²) in [4.78, 5) is 28.8. The Morgan fingerprint density at radius 3 is 2.54 bits per heavy atom. The van der Waals surface area contributed by atoms with Gasteiger partial charge in [0.25, 0.3) is 11.8 Å². The number of rotatable bonds is 8. The van der Waals surface area contributed by atoms with Gasteiger partial charge in [0.05, 0.1) is 18.2 Å². The number of fused-ring (bicyclic) bond motifs is 2. The van der Waals surface area contributed by atoms with Crippen LogP contribution >= 0.6 is 0 Å². The molecule has 39 heavy (non-hydrogen) atoms. The summed E-state index contributed by atoms with van der Waals surface area (Å²) in [5.41, 5.74) is 5.30. The lowest BCUT2D eigenvalue weighted by Gasteiger charge is -2.30. The number of H-pyrrole nitrogens is 1. The average molecular weight is 524 g/mol. The Bertz CT molecular complexity index is 1550. The number of carbonyl (C=O) groups is 2. The molecule has 0 spiro atoms. The van der Waals surface area contributed by atoms with Gasteiger partial charge in [0.2, 0.25) is 0 Å². The summed E-state index contributed by atoms with van der Waals surface area (Å²) < 4.78 is 6.25. The molecule has 0 radical (unpaired) electrons. The predicted molar refractivity (Wildman–Crippen MR) is 153 cm³/mol. The van der Waals surface area contributed by atoms with Gasteiger partial charge >= 0.3 is 0 Å². The maximum absolute atomic E-state index is 13.7. The van der Waals surface area contributed by atoms with E-state index in [0.29, 0.717) is 29.7 Å². The van der Waals surface area contributed by atoms with E-state index in [1.54, 1.807) is 19.2 Å². The third-order valence-corrected chi connectivity index (χ3v) is 7.00. The van der Waals surface area contributed by atoms with E-state index in [1.807, 2.05) is 80.7 Å². The first-order valence-corrected chi connectivity index (χ1v) is 13.1. The Morgan fingerprint density at radius 2 is 1.79 bits per heavy atom. The normalized spacial score (nSPS) is 14.4. The first kappa shape index (κ1) is 26.3. The number of aromatic amines is 1. The van der Waals surface area contributed by atoms with Crippen LogP contribution in [0.4, 0.5) is 0 Å². The second-order valence-corrected chi connectivity index (χ2v) is 10.5. The number of amides is 2. The Balaban J connectivity index is 1.42. The lowest BCUT2D eigenvalue weighted by molar-refractivity contribution is 0.0902. The summed E-state index contributed by atoms with van der Waals surface area (Å²) >= 11 is 0. The van der Waals surface area contributed by atoms with Crippen LogP contribution in [0.2, 0.25) is 0 Å². The van der Waals surface area contributed by atoms with E-state index in [1.165, 1.54) is 0 Å². The van der Waals surface area contributed by atoms with Gasteiger partial charge in [-0.05, 0) is 79.8 Å². The molecule has 7 nitrogen and oxygen atoms in total. The zero-order valence-corrected chi connectivity index (χ0v) is 22.4. The molecule has 1 aliphatic heterocycles. The van der Waals surface area contributed by atoms with Crippen molar-refractivity contribution in [3.05, 3.63) is 106 Å². The third-order valence-electron chi connectivity index (χ3n) is 7.00. The van der Waals surface area contributed by atoms with Crippen LogP contribution in [0.3, 0.4) is 0 Å². The van der Waals surface area contributed by atoms with E-state index in [9.17, 15) is 14.7 Å². The van der Waals surface area contributed by atoms with Gasteiger partial charge in [0.1, 0.15) is 11.4 Å². The highest BCUT2D eigenvalue weighted by Crippen LogP contribution is 2.36. The molecular formula is C32H33N3O4. The summed E-state index contributed by atoms with van der Waals surface area (Å²) in [6, 6.07) is 18.8. The fraction of sp³-hybridized carbons (Fsp3) is 0.250. The van der Waals surface area contributed by atoms with Crippen molar-refractivity contribution in [3.63, 3.8) is 0 Å². The summed E-state index contributed by atoms with van der Waals surface area (Å²) in [5, 5.41) is 16.9. The Kier molecular flexibility index (Phi) is 7.26. The highest BCUT2D eigenvalue weighted by atomic mass is 16.5. The van der Waals surface area contributed by atoms with Crippen molar-refractivity contribution in [2.24, 2.45) is 0 Å². The van der Waals surface area contributed by atoms with Crippen LogP contribution in [0.15, 0.2) is 72.9 Å². The molecule has 1 aromatic heterocycles. The van der Waals surface area contributed by atoms with Gasteiger partial charge in [-0.15, -0.1) is 0 Å². The zero-order chi connectivity index (χ0) is 27.6. The quantitative estimate of drug-likeness (QED) is 0.270. The number of hydrogen-bond donors (Lipinski definition) is 4. The van der Waals surface area contributed by atoms with Crippen molar-refractivity contribution < 1.29 is 19.4 Å². The maximum atomic E-state index is 13.7. The molecule has 0 unspecified atom stereocenters. The summed E-state index contributed by atoms with van der Waals surface area (Å²) in [6.07, 6.45) is 6.96. The second-order valence-electron chi connectivity index (χ2n) is 10.5. The molecule has 200 valence electrons. The molecule has 5 rings (SSSR count). The fourth-order valence-corrected chi connectivity index (χ4v) is 4.95. The molecule has 2 amide bonds. The Hall–Kier alpha value is -4.36. The van der Waals surface area contributed by atoms with E-state index in [0.717, 1.165) is 33.2 Å². The molecule has 0 bridgehead atoms. The third kappa shape index (κ3) is 5.73. The van der Waals surface area contributed by atoms with Gasteiger partial charge in [-0.25, -0.2) is 0 Å². The molecule has 7 heteroatoms. The number of ether oxygens (including phenoxy) is 1. The van der Waals surface area contributed by atoms with Crippen LogP contribution in [0.25, 0.3) is 17.0 Å². The van der Waals surface area contributed by atoms with Gasteiger partial charge in [-0.3, -0.25) is 9.59 Å². The van der Waals surface area contributed by atoms with Crippen LogP contribution in [-0.4, -0.2) is 47.2 Å². The predicted octanol–water partition coefficient (Wildman–Crippen LogP) is 4.64. The van der Waals surface area contributed by atoms with Crippen molar-refractivity contribution in [1.82, 2.24) is 15.6 Å². The Labute approximate surface area is 227 Å². The standard InChI is InChI=1S/C32H33N3O4/c1-32(2)13-12-23-15-21(14-20-8-10-22(11-9-20)30(37)33-3)16-27(29(23)39-32)31(38)35-25(19-36)17-24-18-34-28-7-5-4-6-26(24)28/h4-13,15-16,18,25,34,36H,14,17,19H2,1-3H3,(H,33,37)(H,35,38)/t25-/m1/s1. The minimum absolute atomic E-state index is 0.134. The van der Waals surface area contributed by atoms with Crippen molar-refractivity contribution in [1.29, 1.82) is 0 Å². The minimum atomic E-state index is -0.556. The lowest BCUT2D eigenvalue weighted by atomic mass is 9.94. The molecule has 1 aliphatic rings. The molecule has 2 heterocycles. The summed E-state index contributed by atoms with van der Waals surface area (Å²) in [5.74, 6) is 0.0980. The van der Waals surface area contributed by atoms with E-state index < -0.39 is 11.6 Å². The molecule has 3 aromatic carbocycles. The van der Waals surface area contributed by atoms with E-state index in [4.69, 9.17) is 4.74 Å². The molecule has 0 saturated heterocycles. The van der Waals surface area contributed by atoms with Crippen molar-refractivity contribution in [2.45, 2.75) is 38.3 Å². The highest BCUT2D eigenvalue weighted by molar-refractivity contribution is 5.99. The van der Waals surface area contributed by atoms with E-state index in [-0.39, 0.29) is 18.4 Å². The maximum Gasteiger partial charge on any atom is 0.255 e. The average Bonchev–Trinajstić information content (AvgIpc) is 3.34. The van der Waals surface area contributed by atoms with Crippen LogP contribution < -0.4 is 15.4 Å². The SMILES string of the molecule is CNC(=O)c1ccc(Cc2cc3c(c(C(=O)N[C@@H](CO)Cc4c[nH]c5ccccc45)c2)OC(C)(C)C=C3)cc1. The van der Waals surface area contributed by atoms with Crippen molar-refractivity contribution in [3.8, 4) is 5.75 Å². The lowest BCUT2D eigenvalue weighted by Crippen LogP contribution is -2.40. The largest absolute Gasteiger partial charge is 0.482 e. The van der Waals surface area contributed by atoms with Gasteiger partial charge in [0, 0.05) is 35.3 Å². The number of aliphatic hydroxyl groups excluding tert-OH is 1. The van der Waals surface area contributed by atoms with E-state index in [2.05, 4.69) is 15.6 Å². The molecule has 4 aromatic rings. The first-order chi connectivity index (χ1) is 18.8. The van der Waals surface area contributed by atoms with Crippen LogP contribution in [-0.2, 0) is 12.8 Å². The number of benzene rings is 3. The zero-order valence-electron chi connectivity index (χ0n) is 22.4. The molecule has 4 N–H and O–H groups in total. The molecular weight excluding hydrogens is 490 g/mol. The topological polar surface area (TPSA) is 103 Å². The number of aromatic nitrogens is 1. The number of para-hydroxylation sites is 1. The first-order valence-electron chi connectivity index (χ1n) is 13.1. The van der Waals surface area contributed by atoms with E-state index >= 15 is 0 Å². The molecule has 1 atom stereocenters. The van der Waals surface area contributed by atoms with Crippen LogP contribution in [0.5, 0.6) is 5.75 Å². The number of hydrogen-bond acceptors (Lipinski definition) is 4. The number of aliphatic hydroxyl groups is 1.